The average molecular weight is 342 g/mol. The Bertz CT molecular complexity index is 794. The fourth-order valence-electron chi connectivity index (χ4n) is 2.89. The van der Waals surface area contributed by atoms with Crippen LogP contribution in [0, 0.1) is 11.7 Å². The van der Waals surface area contributed by atoms with E-state index in [0.29, 0.717) is 13.1 Å². The highest BCUT2D eigenvalue weighted by atomic mass is 19.1. The van der Waals surface area contributed by atoms with E-state index in [1.54, 1.807) is 24.1 Å². The normalized spacial score (nSPS) is 16.8. The number of nitrogens with zero attached hydrogens (tertiary/aromatic N) is 1. The number of carbonyl (C=O) groups excluding carboxylic acids is 2. The number of para-hydroxylation sites is 1. The van der Waals surface area contributed by atoms with E-state index < -0.39 is 11.7 Å². The number of halogens is 1. The Morgan fingerprint density at radius 2 is 2.08 bits per heavy atom. The quantitative estimate of drug-likeness (QED) is 0.909. The highest BCUT2D eigenvalue weighted by Crippen LogP contribution is 2.23. The first-order valence-corrected chi connectivity index (χ1v) is 8.03. The summed E-state index contributed by atoms with van der Waals surface area (Å²) in [7, 11) is 1.59. The summed E-state index contributed by atoms with van der Waals surface area (Å²) >= 11 is 0. The van der Waals surface area contributed by atoms with Crippen LogP contribution in [0.3, 0.4) is 0 Å². The van der Waals surface area contributed by atoms with E-state index in [1.807, 2.05) is 24.3 Å². The molecule has 2 aromatic carbocycles. The number of anilines is 1. The lowest BCUT2D eigenvalue weighted by molar-refractivity contribution is -0.128. The maximum atomic E-state index is 13.6. The zero-order chi connectivity index (χ0) is 17.8. The van der Waals surface area contributed by atoms with Gasteiger partial charge in [-0.3, -0.25) is 9.59 Å². The van der Waals surface area contributed by atoms with Crippen LogP contribution in [0.25, 0.3) is 0 Å². The third-order valence-electron chi connectivity index (χ3n) is 4.22. The van der Waals surface area contributed by atoms with Crippen molar-refractivity contribution in [2.24, 2.45) is 5.92 Å². The maximum Gasteiger partial charge on any atom is 0.229 e. The minimum Gasteiger partial charge on any atom is -0.497 e. The molecule has 0 spiro atoms. The molecule has 0 saturated carbocycles. The van der Waals surface area contributed by atoms with E-state index in [-0.39, 0.29) is 23.9 Å². The number of hydrogen-bond acceptors (Lipinski definition) is 3. The van der Waals surface area contributed by atoms with Crippen molar-refractivity contribution in [1.29, 1.82) is 0 Å². The maximum absolute atomic E-state index is 13.6. The van der Waals surface area contributed by atoms with Gasteiger partial charge in [0.1, 0.15) is 11.6 Å². The van der Waals surface area contributed by atoms with Crippen molar-refractivity contribution in [2.45, 2.75) is 13.0 Å². The molecule has 3 rings (SSSR count). The van der Waals surface area contributed by atoms with Gasteiger partial charge >= 0.3 is 0 Å². The van der Waals surface area contributed by atoms with Gasteiger partial charge in [-0.05, 0) is 29.8 Å². The lowest BCUT2D eigenvalue weighted by atomic mass is 10.1. The highest BCUT2D eigenvalue weighted by molar-refractivity contribution is 5.97. The monoisotopic (exact) mass is 342 g/mol. The number of likely N-dealkylation sites (tertiary alicyclic amines) is 1. The van der Waals surface area contributed by atoms with Crippen LogP contribution in [-0.2, 0) is 16.1 Å². The van der Waals surface area contributed by atoms with Gasteiger partial charge in [0.2, 0.25) is 11.8 Å². The molecule has 1 aliphatic rings. The Morgan fingerprint density at radius 3 is 2.84 bits per heavy atom. The molecule has 0 radical (unpaired) electrons. The summed E-state index contributed by atoms with van der Waals surface area (Å²) in [5, 5.41) is 2.56. The third-order valence-corrected chi connectivity index (χ3v) is 4.22. The molecular formula is C19H19FN2O3. The first-order valence-electron chi connectivity index (χ1n) is 8.03. The summed E-state index contributed by atoms with van der Waals surface area (Å²) in [4.78, 5) is 26.2. The molecule has 130 valence electrons. The van der Waals surface area contributed by atoms with Gasteiger partial charge in [0.15, 0.2) is 0 Å². The van der Waals surface area contributed by atoms with E-state index in [4.69, 9.17) is 4.74 Å². The average Bonchev–Trinajstić information content (AvgIpc) is 2.98. The van der Waals surface area contributed by atoms with Crippen LogP contribution in [-0.4, -0.2) is 30.4 Å². The van der Waals surface area contributed by atoms with Crippen molar-refractivity contribution in [3.63, 3.8) is 0 Å². The molecule has 1 heterocycles. The molecule has 1 aliphatic heterocycles. The van der Waals surface area contributed by atoms with Gasteiger partial charge in [-0.25, -0.2) is 4.39 Å². The van der Waals surface area contributed by atoms with E-state index in [9.17, 15) is 14.0 Å². The zero-order valence-corrected chi connectivity index (χ0v) is 13.9. The Hall–Kier alpha value is -2.89. The molecule has 1 saturated heterocycles. The van der Waals surface area contributed by atoms with Gasteiger partial charge in [-0.1, -0.05) is 24.3 Å². The number of nitrogens with one attached hydrogen (secondary N) is 1. The third kappa shape index (κ3) is 3.96. The first-order chi connectivity index (χ1) is 12.1. The van der Waals surface area contributed by atoms with Crippen LogP contribution in [0.4, 0.5) is 10.1 Å². The molecule has 0 unspecified atom stereocenters. The Labute approximate surface area is 145 Å². The Morgan fingerprint density at radius 1 is 1.28 bits per heavy atom. The molecule has 2 amide bonds. The number of carbonyl (C=O) groups is 2. The van der Waals surface area contributed by atoms with Gasteiger partial charge in [0.25, 0.3) is 0 Å². The summed E-state index contributed by atoms with van der Waals surface area (Å²) < 4.78 is 18.8. The van der Waals surface area contributed by atoms with Crippen molar-refractivity contribution in [3.8, 4) is 5.75 Å². The van der Waals surface area contributed by atoms with Crippen LogP contribution in [0.1, 0.15) is 12.0 Å². The summed E-state index contributed by atoms with van der Waals surface area (Å²) in [5.74, 6) is -0.688. The zero-order valence-electron chi connectivity index (χ0n) is 13.9. The molecule has 6 heteroatoms. The van der Waals surface area contributed by atoms with Crippen LogP contribution in [0.2, 0.25) is 0 Å². The number of rotatable bonds is 5. The Kier molecular flexibility index (Phi) is 4.97. The molecular weight excluding hydrogens is 323 g/mol. The molecule has 0 bridgehead atoms. The first kappa shape index (κ1) is 17.0. The number of methoxy groups -OCH3 is 1. The van der Waals surface area contributed by atoms with Crippen LogP contribution in [0.5, 0.6) is 5.75 Å². The molecule has 1 fully saturated rings. The number of ether oxygens (including phenoxy) is 1. The fraction of sp³-hybridized carbons (Fsp3) is 0.263. The summed E-state index contributed by atoms with van der Waals surface area (Å²) in [6.45, 7) is 0.732. The van der Waals surface area contributed by atoms with Gasteiger partial charge < -0.3 is 15.0 Å². The lowest BCUT2D eigenvalue weighted by Crippen LogP contribution is -2.28. The van der Waals surface area contributed by atoms with Crippen LogP contribution in [0.15, 0.2) is 48.5 Å². The number of hydrogen-bond donors (Lipinski definition) is 1. The second kappa shape index (κ2) is 7.34. The van der Waals surface area contributed by atoms with Crippen LogP contribution < -0.4 is 10.1 Å². The van der Waals surface area contributed by atoms with Crippen molar-refractivity contribution in [1.82, 2.24) is 4.90 Å². The second-order valence-electron chi connectivity index (χ2n) is 6.00. The minimum absolute atomic E-state index is 0.0866. The fourth-order valence-corrected chi connectivity index (χ4v) is 2.89. The van der Waals surface area contributed by atoms with Crippen molar-refractivity contribution in [2.75, 3.05) is 19.0 Å². The lowest BCUT2D eigenvalue weighted by Gasteiger charge is -2.17. The smallest absolute Gasteiger partial charge is 0.229 e. The predicted octanol–water partition coefficient (Wildman–Crippen LogP) is 2.82. The largest absolute Gasteiger partial charge is 0.497 e. The Balaban J connectivity index is 1.63. The van der Waals surface area contributed by atoms with E-state index in [2.05, 4.69) is 5.32 Å². The summed E-state index contributed by atoms with van der Waals surface area (Å²) in [5.41, 5.74) is 1.06. The molecule has 1 N–H and O–H groups in total. The predicted molar refractivity (Wildman–Crippen MR) is 91.5 cm³/mol. The topological polar surface area (TPSA) is 58.6 Å². The van der Waals surface area contributed by atoms with Crippen molar-refractivity contribution in [3.05, 3.63) is 59.9 Å². The summed E-state index contributed by atoms with van der Waals surface area (Å²) in [6.07, 6.45) is 0.129. The minimum atomic E-state index is -0.492. The number of amides is 2. The molecule has 2 aromatic rings. The van der Waals surface area contributed by atoms with E-state index in [0.717, 1.165) is 11.3 Å². The SMILES string of the molecule is COc1cccc(CN2C[C@@H](C(=O)Nc3ccccc3F)CC2=O)c1. The van der Waals surface area contributed by atoms with Crippen molar-refractivity contribution >= 4 is 17.5 Å². The van der Waals surface area contributed by atoms with Gasteiger partial charge in [-0.2, -0.15) is 0 Å². The van der Waals surface area contributed by atoms with Gasteiger partial charge in [-0.15, -0.1) is 0 Å². The molecule has 25 heavy (non-hydrogen) atoms. The van der Waals surface area contributed by atoms with Crippen molar-refractivity contribution < 1.29 is 18.7 Å². The van der Waals surface area contributed by atoms with E-state index >= 15 is 0 Å². The summed E-state index contributed by atoms with van der Waals surface area (Å²) in [6, 6.07) is 13.4. The van der Waals surface area contributed by atoms with Crippen LogP contribution >= 0.6 is 0 Å². The molecule has 1 atom stereocenters. The molecule has 0 aliphatic carbocycles. The highest BCUT2D eigenvalue weighted by Gasteiger charge is 2.34. The van der Waals surface area contributed by atoms with Gasteiger partial charge in [0.05, 0.1) is 18.7 Å². The standard InChI is InChI=1S/C19H19FN2O3/c1-25-15-6-4-5-13(9-15)11-22-12-14(10-18(22)23)19(24)21-17-8-3-2-7-16(17)20/h2-9,14H,10-12H2,1H3,(H,21,24)/t14-/m0/s1. The van der Waals surface area contributed by atoms with E-state index in [1.165, 1.54) is 12.1 Å². The number of benzene rings is 2. The molecule has 0 aromatic heterocycles. The molecule has 5 nitrogen and oxygen atoms in total. The van der Waals surface area contributed by atoms with Gasteiger partial charge in [0, 0.05) is 19.5 Å². The second-order valence-corrected chi connectivity index (χ2v) is 6.00.